The second kappa shape index (κ2) is 7.86. The largest absolute Gasteiger partial charge is 0.340 e. The van der Waals surface area contributed by atoms with Crippen LogP contribution in [0.4, 0.5) is 16.4 Å². The highest BCUT2D eigenvalue weighted by molar-refractivity contribution is 5.92. The van der Waals surface area contributed by atoms with E-state index in [1.54, 1.807) is 0 Å². The summed E-state index contributed by atoms with van der Waals surface area (Å²) in [7, 11) is 0. The summed E-state index contributed by atoms with van der Waals surface area (Å²) < 4.78 is 2.02. The van der Waals surface area contributed by atoms with Crippen LogP contribution in [0.3, 0.4) is 0 Å². The number of hydrogen-bond acceptors (Lipinski definition) is 5. The highest BCUT2D eigenvalue weighted by Crippen LogP contribution is 2.24. The Balaban J connectivity index is 1.39. The lowest BCUT2D eigenvalue weighted by molar-refractivity contribution is 0.215. The molecule has 31 heavy (non-hydrogen) atoms. The molecule has 0 saturated carbocycles. The van der Waals surface area contributed by atoms with Gasteiger partial charge in [0.05, 0.1) is 5.52 Å². The van der Waals surface area contributed by atoms with Gasteiger partial charge in [0.15, 0.2) is 5.65 Å². The Hall–Kier alpha value is -3.68. The molecule has 1 aliphatic rings. The predicted octanol–water partition coefficient (Wildman–Crippen LogP) is 3.64. The number of anilines is 2. The van der Waals surface area contributed by atoms with Crippen LogP contribution in [-0.2, 0) is 0 Å². The van der Waals surface area contributed by atoms with Crippen LogP contribution in [0.2, 0.25) is 0 Å². The van der Waals surface area contributed by atoms with Gasteiger partial charge in [-0.2, -0.15) is 0 Å². The van der Waals surface area contributed by atoms with Crippen molar-refractivity contribution in [3.8, 4) is 0 Å². The number of nitrogens with zero attached hydrogens (tertiary/aromatic N) is 6. The lowest BCUT2D eigenvalue weighted by atomic mass is 10.2. The number of fused-ring (bicyclic) bond motifs is 3. The fourth-order valence-electron chi connectivity index (χ4n) is 4.07. The minimum absolute atomic E-state index is 0.0669. The maximum absolute atomic E-state index is 12.8. The molecule has 0 aliphatic carbocycles. The molecule has 8 nitrogen and oxygen atoms in total. The molecule has 5 rings (SSSR count). The minimum atomic E-state index is -0.0669. The van der Waals surface area contributed by atoms with E-state index in [1.165, 1.54) is 5.56 Å². The third-order valence-corrected chi connectivity index (χ3v) is 5.76. The molecule has 158 valence electrons. The number of rotatable bonds is 2. The van der Waals surface area contributed by atoms with Gasteiger partial charge in [0.25, 0.3) is 0 Å². The number of carbonyl (C=O) groups excluding carboxylic acids is 1. The van der Waals surface area contributed by atoms with Gasteiger partial charge in [0.2, 0.25) is 5.95 Å². The average molecular weight is 416 g/mol. The summed E-state index contributed by atoms with van der Waals surface area (Å²) in [5, 5.41) is 12.7. The normalized spacial score (nSPS) is 14.8. The van der Waals surface area contributed by atoms with E-state index >= 15 is 0 Å². The zero-order valence-corrected chi connectivity index (χ0v) is 17.7. The molecule has 1 saturated heterocycles. The summed E-state index contributed by atoms with van der Waals surface area (Å²) in [4.78, 5) is 21.8. The zero-order chi connectivity index (χ0) is 21.4. The topological polar surface area (TPSA) is 78.7 Å². The molecule has 1 N–H and O–H groups in total. The average Bonchev–Trinajstić information content (AvgIpc) is 3.01. The lowest BCUT2D eigenvalue weighted by Gasteiger charge is -2.24. The molecule has 2 aromatic carbocycles. The van der Waals surface area contributed by atoms with E-state index in [1.807, 2.05) is 71.7 Å². The van der Waals surface area contributed by atoms with Gasteiger partial charge < -0.3 is 15.1 Å². The monoisotopic (exact) mass is 415 g/mol. The molecular formula is C23H25N7O. The number of aryl methyl sites for hydroxylation is 2. The van der Waals surface area contributed by atoms with Crippen molar-refractivity contribution in [1.82, 2.24) is 24.5 Å². The molecule has 0 atom stereocenters. The van der Waals surface area contributed by atoms with E-state index in [4.69, 9.17) is 4.98 Å². The quantitative estimate of drug-likeness (QED) is 0.541. The number of aromatic nitrogens is 4. The molecule has 0 radical (unpaired) electrons. The number of amides is 2. The molecular weight excluding hydrogens is 390 g/mol. The van der Waals surface area contributed by atoms with Crippen LogP contribution in [-0.4, -0.2) is 56.7 Å². The van der Waals surface area contributed by atoms with E-state index in [2.05, 4.69) is 20.4 Å². The first-order valence-corrected chi connectivity index (χ1v) is 10.6. The van der Waals surface area contributed by atoms with Crippen molar-refractivity contribution in [3.63, 3.8) is 0 Å². The third kappa shape index (κ3) is 3.65. The van der Waals surface area contributed by atoms with E-state index in [-0.39, 0.29) is 6.03 Å². The van der Waals surface area contributed by atoms with Crippen LogP contribution < -0.4 is 10.2 Å². The van der Waals surface area contributed by atoms with Gasteiger partial charge in [-0.25, -0.2) is 14.2 Å². The Kier molecular flexibility index (Phi) is 4.89. The number of hydrogen-bond donors (Lipinski definition) is 1. The van der Waals surface area contributed by atoms with E-state index in [9.17, 15) is 4.79 Å². The summed E-state index contributed by atoms with van der Waals surface area (Å²) in [5.41, 5.74) is 3.70. The predicted molar refractivity (Wildman–Crippen MR) is 122 cm³/mol. The van der Waals surface area contributed by atoms with Gasteiger partial charge in [-0.05, 0) is 44.5 Å². The molecule has 2 amide bonds. The van der Waals surface area contributed by atoms with Gasteiger partial charge >= 0.3 is 6.03 Å². The maximum atomic E-state index is 12.8. The zero-order valence-electron chi connectivity index (χ0n) is 17.7. The lowest BCUT2D eigenvalue weighted by Crippen LogP contribution is -2.38. The van der Waals surface area contributed by atoms with Crippen molar-refractivity contribution in [2.75, 3.05) is 36.4 Å². The number of benzene rings is 2. The Bertz CT molecular complexity index is 1250. The Morgan fingerprint density at radius 2 is 1.74 bits per heavy atom. The van der Waals surface area contributed by atoms with Gasteiger partial charge in [0, 0.05) is 37.3 Å². The Morgan fingerprint density at radius 1 is 0.935 bits per heavy atom. The molecule has 1 aliphatic heterocycles. The molecule has 0 bridgehead atoms. The van der Waals surface area contributed by atoms with Crippen molar-refractivity contribution in [1.29, 1.82) is 0 Å². The first kappa shape index (κ1) is 19.3. The molecule has 8 heteroatoms. The van der Waals surface area contributed by atoms with Crippen molar-refractivity contribution in [3.05, 3.63) is 59.9 Å². The van der Waals surface area contributed by atoms with Gasteiger partial charge in [0.1, 0.15) is 5.82 Å². The fourth-order valence-corrected chi connectivity index (χ4v) is 4.07. The molecule has 0 spiro atoms. The first-order valence-electron chi connectivity index (χ1n) is 10.6. The number of para-hydroxylation sites is 1. The van der Waals surface area contributed by atoms with Gasteiger partial charge in [-0.1, -0.05) is 29.8 Å². The first-order chi connectivity index (χ1) is 15.1. The molecule has 3 heterocycles. The summed E-state index contributed by atoms with van der Waals surface area (Å²) in [6.45, 7) is 6.80. The van der Waals surface area contributed by atoms with Gasteiger partial charge in [-0.3, -0.25) is 0 Å². The summed E-state index contributed by atoms with van der Waals surface area (Å²) in [5.74, 6) is 1.64. The number of urea groups is 1. The van der Waals surface area contributed by atoms with Crippen LogP contribution in [0, 0.1) is 13.8 Å². The third-order valence-electron chi connectivity index (χ3n) is 5.76. The molecule has 1 fully saturated rings. The molecule has 0 unspecified atom stereocenters. The highest BCUT2D eigenvalue weighted by atomic mass is 16.2. The van der Waals surface area contributed by atoms with Crippen molar-refractivity contribution in [2.45, 2.75) is 20.3 Å². The second-order valence-corrected chi connectivity index (χ2v) is 7.96. The standard InChI is InChI=1S/C23H25N7O/c1-16-8-10-18(11-9-16)24-23(31)29-13-5-12-28(14-15-29)22-25-20-7-4-3-6-19(20)21-27-26-17(2)30(21)22/h3-4,6-11H,5,12-15H2,1-2H3,(H,24,31). The molecule has 2 aromatic heterocycles. The minimum Gasteiger partial charge on any atom is -0.340 e. The van der Waals surface area contributed by atoms with Crippen LogP contribution in [0.5, 0.6) is 0 Å². The summed E-state index contributed by atoms with van der Waals surface area (Å²) in [6, 6.07) is 15.8. The fraction of sp³-hybridized carbons (Fsp3) is 0.304. The smallest absolute Gasteiger partial charge is 0.321 e. The number of nitrogens with one attached hydrogen (secondary N) is 1. The maximum Gasteiger partial charge on any atom is 0.321 e. The van der Waals surface area contributed by atoms with Crippen LogP contribution >= 0.6 is 0 Å². The summed E-state index contributed by atoms with van der Waals surface area (Å²) in [6.07, 6.45) is 0.860. The Labute approximate surface area is 180 Å². The van der Waals surface area contributed by atoms with Crippen LogP contribution in [0.15, 0.2) is 48.5 Å². The van der Waals surface area contributed by atoms with E-state index < -0.39 is 0 Å². The number of carbonyl (C=O) groups is 1. The highest BCUT2D eigenvalue weighted by Gasteiger charge is 2.23. The van der Waals surface area contributed by atoms with Crippen molar-refractivity contribution >= 4 is 34.2 Å². The van der Waals surface area contributed by atoms with Crippen molar-refractivity contribution < 1.29 is 4.79 Å². The second-order valence-electron chi connectivity index (χ2n) is 7.96. The van der Waals surface area contributed by atoms with Gasteiger partial charge in [-0.15, -0.1) is 10.2 Å². The Morgan fingerprint density at radius 3 is 2.58 bits per heavy atom. The SMILES string of the molecule is Cc1ccc(NC(=O)N2CCCN(c3nc4ccccc4c4nnc(C)n34)CC2)cc1. The molecule has 4 aromatic rings. The van der Waals surface area contributed by atoms with E-state index in [0.717, 1.165) is 47.0 Å². The van der Waals surface area contributed by atoms with Crippen LogP contribution in [0.1, 0.15) is 17.8 Å². The van der Waals surface area contributed by atoms with Crippen LogP contribution in [0.25, 0.3) is 16.6 Å². The van der Waals surface area contributed by atoms with Crippen molar-refractivity contribution in [2.24, 2.45) is 0 Å². The van der Waals surface area contributed by atoms with E-state index in [0.29, 0.717) is 19.6 Å². The summed E-state index contributed by atoms with van der Waals surface area (Å²) >= 11 is 0.